The Hall–Kier alpha value is -1.45. The molecule has 0 rings (SSSR count). The van der Waals surface area contributed by atoms with Crippen LogP contribution in [0.2, 0.25) is 0 Å². The summed E-state index contributed by atoms with van der Waals surface area (Å²) in [6.45, 7) is 9.16. The minimum Gasteiger partial charge on any atom is -0.345 e. The quantitative estimate of drug-likeness (QED) is 0.553. The second-order valence-corrected chi connectivity index (χ2v) is 4.33. The van der Waals surface area contributed by atoms with E-state index in [1.165, 1.54) is 0 Å². The first-order valence-electron chi connectivity index (χ1n) is 6.01. The van der Waals surface area contributed by atoms with Crippen LogP contribution >= 0.6 is 0 Å². The molecule has 17 heavy (non-hydrogen) atoms. The zero-order valence-electron chi connectivity index (χ0n) is 11.2. The molecule has 0 spiro atoms. The van der Waals surface area contributed by atoms with Crippen LogP contribution in [-0.4, -0.2) is 25.0 Å². The van der Waals surface area contributed by atoms with Gasteiger partial charge in [-0.25, -0.2) is 0 Å². The molecule has 0 bridgehead atoms. The molecule has 0 aromatic heterocycles. The summed E-state index contributed by atoms with van der Waals surface area (Å²) in [5.41, 5.74) is 0. The largest absolute Gasteiger partial charge is 0.345 e. The fraction of sp³-hybridized carbons (Fsp3) is 0.643. The van der Waals surface area contributed by atoms with Gasteiger partial charge in [0, 0.05) is 24.9 Å². The van der Waals surface area contributed by atoms with Gasteiger partial charge in [0.25, 0.3) is 0 Å². The van der Waals surface area contributed by atoms with Gasteiger partial charge in [0.05, 0.1) is 6.54 Å². The van der Waals surface area contributed by atoms with Crippen LogP contribution in [0.25, 0.3) is 0 Å². The van der Waals surface area contributed by atoms with Crippen molar-refractivity contribution in [1.82, 2.24) is 10.6 Å². The Morgan fingerprint density at radius 3 is 2.35 bits per heavy atom. The third kappa shape index (κ3) is 10.8. The summed E-state index contributed by atoms with van der Waals surface area (Å²) >= 11 is 0. The molecular weight excluding hydrogens is 212 g/mol. The molecule has 0 aliphatic carbocycles. The van der Waals surface area contributed by atoms with E-state index in [2.05, 4.69) is 48.2 Å². The molecule has 0 aromatic rings. The maximum Gasteiger partial charge on any atom is 0.223 e. The maximum absolute atomic E-state index is 11.2. The molecule has 0 radical (unpaired) electrons. The molecular formula is C14H22N2O. The van der Waals surface area contributed by atoms with Crippen molar-refractivity contribution in [3.8, 4) is 23.7 Å². The lowest BCUT2D eigenvalue weighted by molar-refractivity contribution is -0.123. The topological polar surface area (TPSA) is 41.1 Å². The SMILES string of the molecule is CC(C)NCCC#CC#CCNC(=O)C(C)C. The van der Waals surface area contributed by atoms with Crippen LogP contribution < -0.4 is 10.6 Å². The molecule has 0 aromatic carbocycles. The monoisotopic (exact) mass is 234 g/mol. The summed E-state index contributed by atoms with van der Waals surface area (Å²) in [5.74, 6) is 11.2. The number of carbonyl (C=O) groups excluding carboxylic acids is 1. The Morgan fingerprint density at radius 2 is 1.76 bits per heavy atom. The van der Waals surface area contributed by atoms with Crippen LogP contribution in [0.5, 0.6) is 0 Å². The highest BCUT2D eigenvalue weighted by Crippen LogP contribution is 1.88. The van der Waals surface area contributed by atoms with Crippen LogP contribution in [0, 0.1) is 29.6 Å². The van der Waals surface area contributed by atoms with Gasteiger partial charge in [-0.1, -0.05) is 39.5 Å². The van der Waals surface area contributed by atoms with Gasteiger partial charge in [0.15, 0.2) is 0 Å². The normalized spacial score (nSPS) is 9.29. The maximum atomic E-state index is 11.2. The highest BCUT2D eigenvalue weighted by Gasteiger charge is 2.03. The zero-order chi connectivity index (χ0) is 13.1. The molecule has 0 heterocycles. The summed E-state index contributed by atoms with van der Waals surface area (Å²) in [6, 6.07) is 0.495. The second-order valence-electron chi connectivity index (χ2n) is 4.33. The van der Waals surface area contributed by atoms with Gasteiger partial charge in [0.2, 0.25) is 5.91 Å². The molecule has 94 valence electrons. The van der Waals surface area contributed by atoms with Crippen molar-refractivity contribution in [2.45, 2.75) is 40.2 Å². The number of nitrogens with one attached hydrogen (secondary N) is 2. The summed E-state index contributed by atoms with van der Waals surface area (Å²) in [4.78, 5) is 11.2. The van der Waals surface area contributed by atoms with Crippen molar-refractivity contribution in [3.63, 3.8) is 0 Å². The third-order valence-corrected chi connectivity index (χ3v) is 1.92. The summed E-state index contributed by atoms with van der Waals surface area (Å²) < 4.78 is 0. The minimum absolute atomic E-state index is 0.00462. The van der Waals surface area contributed by atoms with Gasteiger partial charge < -0.3 is 10.6 Å². The number of amides is 1. The van der Waals surface area contributed by atoms with Crippen molar-refractivity contribution in [2.75, 3.05) is 13.1 Å². The van der Waals surface area contributed by atoms with Crippen LogP contribution in [0.3, 0.4) is 0 Å². The van der Waals surface area contributed by atoms with E-state index in [0.717, 1.165) is 13.0 Å². The molecule has 1 amide bonds. The molecule has 0 saturated carbocycles. The molecule has 0 unspecified atom stereocenters. The van der Waals surface area contributed by atoms with Gasteiger partial charge in [-0.05, 0) is 11.8 Å². The first-order valence-corrected chi connectivity index (χ1v) is 6.01. The van der Waals surface area contributed by atoms with Crippen molar-refractivity contribution in [1.29, 1.82) is 0 Å². The van der Waals surface area contributed by atoms with Gasteiger partial charge in [0.1, 0.15) is 0 Å². The van der Waals surface area contributed by atoms with E-state index in [4.69, 9.17) is 0 Å². The molecule has 3 heteroatoms. The molecule has 0 aliphatic rings. The van der Waals surface area contributed by atoms with Crippen molar-refractivity contribution < 1.29 is 4.79 Å². The first-order chi connectivity index (χ1) is 8.04. The van der Waals surface area contributed by atoms with Crippen molar-refractivity contribution in [3.05, 3.63) is 0 Å². The summed E-state index contributed by atoms with van der Waals surface area (Å²) in [5, 5.41) is 5.97. The van der Waals surface area contributed by atoms with Crippen LogP contribution in [0.1, 0.15) is 34.1 Å². The third-order valence-electron chi connectivity index (χ3n) is 1.92. The average molecular weight is 234 g/mol. The average Bonchev–Trinajstić information content (AvgIpc) is 2.25. The Bertz CT molecular complexity index is 337. The molecule has 2 N–H and O–H groups in total. The Morgan fingerprint density at radius 1 is 1.12 bits per heavy atom. The van der Waals surface area contributed by atoms with Crippen molar-refractivity contribution in [2.24, 2.45) is 5.92 Å². The van der Waals surface area contributed by atoms with Gasteiger partial charge in [-0.15, -0.1) is 0 Å². The van der Waals surface area contributed by atoms with Crippen LogP contribution in [-0.2, 0) is 4.79 Å². The zero-order valence-corrected chi connectivity index (χ0v) is 11.2. The predicted octanol–water partition coefficient (Wildman–Crippen LogP) is 1.15. The lowest BCUT2D eigenvalue weighted by atomic mass is 10.2. The Balaban J connectivity index is 3.61. The molecule has 0 saturated heterocycles. The van der Waals surface area contributed by atoms with E-state index in [0.29, 0.717) is 12.6 Å². The van der Waals surface area contributed by atoms with Crippen LogP contribution in [0.4, 0.5) is 0 Å². The van der Waals surface area contributed by atoms with E-state index in [-0.39, 0.29) is 11.8 Å². The lowest BCUT2D eigenvalue weighted by Gasteiger charge is -2.03. The Kier molecular flexibility index (Phi) is 8.92. The summed E-state index contributed by atoms with van der Waals surface area (Å²) in [7, 11) is 0. The Labute approximate surface area is 105 Å². The van der Waals surface area contributed by atoms with E-state index in [9.17, 15) is 4.79 Å². The van der Waals surface area contributed by atoms with Gasteiger partial charge in [-0.2, -0.15) is 0 Å². The highest BCUT2D eigenvalue weighted by atomic mass is 16.1. The van der Waals surface area contributed by atoms with E-state index in [1.807, 2.05) is 13.8 Å². The standard InChI is InChI=1S/C14H22N2O/c1-12(2)14(17)16-11-9-7-5-6-8-10-15-13(3)4/h12-13,15H,8,10-11H2,1-4H3,(H,16,17). The highest BCUT2D eigenvalue weighted by molar-refractivity contribution is 5.78. The number of hydrogen-bond acceptors (Lipinski definition) is 2. The van der Waals surface area contributed by atoms with Gasteiger partial charge >= 0.3 is 0 Å². The fourth-order valence-electron chi connectivity index (χ4n) is 0.954. The number of carbonyl (C=O) groups is 1. The molecule has 0 fully saturated rings. The predicted molar refractivity (Wildman–Crippen MR) is 71.2 cm³/mol. The first kappa shape index (κ1) is 15.6. The van der Waals surface area contributed by atoms with Crippen LogP contribution in [0.15, 0.2) is 0 Å². The molecule has 0 atom stereocenters. The fourth-order valence-corrected chi connectivity index (χ4v) is 0.954. The van der Waals surface area contributed by atoms with E-state index >= 15 is 0 Å². The number of hydrogen-bond donors (Lipinski definition) is 2. The molecule has 3 nitrogen and oxygen atoms in total. The van der Waals surface area contributed by atoms with E-state index < -0.39 is 0 Å². The van der Waals surface area contributed by atoms with E-state index in [1.54, 1.807) is 0 Å². The number of rotatable bonds is 5. The van der Waals surface area contributed by atoms with Crippen molar-refractivity contribution >= 4 is 5.91 Å². The summed E-state index contributed by atoms with van der Waals surface area (Å²) in [6.07, 6.45) is 0.797. The molecule has 0 aliphatic heterocycles. The lowest BCUT2D eigenvalue weighted by Crippen LogP contribution is -2.27. The second kappa shape index (κ2) is 9.75. The smallest absolute Gasteiger partial charge is 0.223 e. The van der Waals surface area contributed by atoms with Gasteiger partial charge in [-0.3, -0.25) is 4.79 Å². The minimum atomic E-state index is 0.00462.